The normalized spacial score (nSPS) is 33.8. The van der Waals surface area contributed by atoms with Gasteiger partial charge in [-0.3, -0.25) is 0 Å². The molecule has 0 saturated heterocycles. The van der Waals surface area contributed by atoms with Crippen molar-refractivity contribution in [2.45, 2.75) is 53.1 Å². The second-order valence-corrected chi connectivity index (χ2v) is 5.38. The van der Waals surface area contributed by atoms with E-state index in [1.165, 1.54) is 19.3 Å². The molecule has 1 nitrogen and oxygen atoms in total. The average molecular weight is 170 g/mol. The van der Waals surface area contributed by atoms with Crippen LogP contribution in [0.25, 0.3) is 0 Å². The number of rotatable bonds is 1. The first-order chi connectivity index (χ1) is 5.43. The molecule has 0 aliphatic heterocycles. The van der Waals surface area contributed by atoms with E-state index in [4.69, 9.17) is 0 Å². The Morgan fingerprint density at radius 2 is 1.83 bits per heavy atom. The zero-order valence-electron chi connectivity index (χ0n) is 8.80. The van der Waals surface area contributed by atoms with E-state index in [1.54, 1.807) is 0 Å². The lowest BCUT2D eigenvalue weighted by molar-refractivity contribution is 0.0000699. The molecule has 0 bridgehead atoms. The molecule has 1 aliphatic rings. The maximum absolute atomic E-state index is 10.1. The van der Waals surface area contributed by atoms with E-state index in [2.05, 4.69) is 27.7 Å². The fraction of sp³-hybridized carbons (Fsp3) is 1.00. The van der Waals surface area contributed by atoms with Crippen molar-refractivity contribution < 1.29 is 5.11 Å². The molecular weight excluding hydrogens is 148 g/mol. The van der Waals surface area contributed by atoms with Crippen LogP contribution < -0.4 is 0 Å². The molecule has 0 aromatic rings. The van der Waals surface area contributed by atoms with Crippen LogP contribution in [-0.2, 0) is 0 Å². The average Bonchev–Trinajstić information content (AvgIpc) is 2.31. The van der Waals surface area contributed by atoms with Crippen molar-refractivity contribution in [2.24, 2.45) is 17.3 Å². The Morgan fingerprint density at radius 1 is 1.25 bits per heavy atom. The Hall–Kier alpha value is -0.0400. The molecule has 72 valence electrons. The Kier molecular flexibility index (Phi) is 2.82. The highest BCUT2D eigenvalue weighted by atomic mass is 16.3. The first kappa shape index (κ1) is 10.0. The van der Waals surface area contributed by atoms with Gasteiger partial charge in [0.25, 0.3) is 0 Å². The van der Waals surface area contributed by atoms with Crippen LogP contribution in [0, 0.1) is 17.3 Å². The summed E-state index contributed by atoms with van der Waals surface area (Å²) in [5.41, 5.74) is 0.0588. The maximum atomic E-state index is 10.1. The number of aliphatic hydroxyl groups excluding tert-OH is 1. The standard InChI is InChI=1S/C11H22O/c1-8-6-5-7-9(8)10(12)11(2,3)4/h8-10,12H,5-7H2,1-4H3. The smallest absolute Gasteiger partial charge is 0.0619 e. The van der Waals surface area contributed by atoms with E-state index in [-0.39, 0.29) is 11.5 Å². The molecule has 1 saturated carbocycles. The van der Waals surface area contributed by atoms with Crippen molar-refractivity contribution in [3.8, 4) is 0 Å². The molecule has 0 radical (unpaired) electrons. The largest absolute Gasteiger partial charge is 0.392 e. The monoisotopic (exact) mass is 170 g/mol. The van der Waals surface area contributed by atoms with Gasteiger partial charge >= 0.3 is 0 Å². The summed E-state index contributed by atoms with van der Waals surface area (Å²) < 4.78 is 0. The van der Waals surface area contributed by atoms with Crippen LogP contribution in [0.4, 0.5) is 0 Å². The molecule has 3 unspecified atom stereocenters. The first-order valence-corrected chi connectivity index (χ1v) is 5.11. The summed E-state index contributed by atoms with van der Waals surface area (Å²) in [5.74, 6) is 1.27. The van der Waals surface area contributed by atoms with E-state index in [1.807, 2.05) is 0 Å². The molecule has 3 atom stereocenters. The molecule has 0 spiro atoms. The van der Waals surface area contributed by atoms with E-state index in [9.17, 15) is 5.11 Å². The van der Waals surface area contributed by atoms with Crippen molar-refractivity contribution in [1.82, 2.24) is 0 Å². The van der Waals surface area contributed by atoms with Gasteiger partial charge in [0.05, 0.1) is 6.10 Å². The molecule has 1 fully saturated rings. The molecule has 0 heterocycles. The lowest BCUT2D eigenvalue weighted by Gasteiger charge is -2.33. The predicted octanol–water partition coefficient (Wildman–Crippen LogP) is 2.83. The summed E-state index contributed by atoms with van der Waals surface area (Å²) in [6, 6.07) is 0. The van der Waals surface area contributed by atoms with Gasteiger partial charge in [-0.2, -0.15) is 0 Å². The van der Waals surface area contributed by atoms with Gasteiger partial charge in [0.15, 0.2) is 0 Å². The number of hydrogen-bond acceptors (Lipinski definition) is 1. The Labute approximate surface area is 76.2 Å². The fourth-order valence-electron chi connectivity index (χ4n) is 2.29. The van der Waals surface area contributed by atoms with Crippen LogP contribution in [0.5, 0.6) is 0 Å². The first-order valence-electron chi connectivity index (χ1n) is 5.11. The van der Waals surface area contributed by atoms with Crippen LogP contribution in [0.1, 0.15) is 47.0 Å². The Bertz CT molecular complexity index is 146. The minimum atomic E-state index is -0.116. The van der Waals surface area contributed by atoms with Gasteiger partial charge in [0, 0.05) is 0 Å². The SMILES string of the molecule is CC1CCCC1C(O)C(C)(C)C. The molecule has 1 heteroatoms. The highest BCUT2D eigenvalue weighted by Gasteiger charge is 2.36. The van der Waals surface area contributed by atoms with Gasteiger partial charge in [0.2, 0.25) is 0 Å². The lowest BCUT2D eigenvalue weighted by atomic mass is 9.77. The molecule has 1 aliphatic carbocycles. The van der Waals surface area contributed by atoms with E-state index in [0.29, 0.717) is 5.92 Å². The zero-order valence-corrected chi connectivity index (χ0v) is 8.80. The third-order valence-corrected chi connectivity index (χ3v) is 3.22. The molecular formula is C11H22O. The highest BCUT2D eigenvalue weighted by Crippen LogP contribution is 2.39. The third-order valence-electron chi connectivity index (χ3n) is 3.22. The minimum Gasteiger partial charge on any atom is -0.392 e. The van der Waals surface area contributed by atoms with Gasteiger partial charge in [0.1, 0.15) is 0 Å². The Balaban J connectivity index is 2.57. The third kappa shape index (κ3) is 2.01. The van der Waals surface area contributed by atoms with Crippen LogP contribution in [0.15, 0.2) is 0 Å². The van der Waals surface area contributed by atoms with Gasteiger partial charge in [-0.05, 0) is 23.7 Å². The number of hydrogen-bond donors (Lipinski definition) is 1. The Morgan fingerprint density at radius 3 is 2.17 bits per heavy atom. The summed E-state index contributed by atoms with van der Waals surface area (Å²) in [6.45, 7) is 8.65. The maximum Gasteiger partial charge on any atom is 0.0619 e. The topological polar surface area (TPSA) is 20.2 Å². The van der Waals surface area contributed by atoms with Gasteiger partial charge in [-0.25, -0.2) is 0 Å². The molecule has 1 N–H and O–H groups in total. The van der Waals surface area contributed by atoms with Crippen LogP contribution in [0.3, 0.4) is 0 Å². The molecule has 0 amide bonds. The minimum absolute atomic E-state index is 0.0588. The van der Waals surface area contributed by atoms with Crippen molar-refractivity contribution in [3.05, 3.63) is 0 Å². The van der Waals surface area contributed by atoms with Crippen LogP contribution >= 0.6 is 0 Å². The fourth-order valence-corrected chi connectivity index (χ4v) is 2.29. The van der Waals surface area contributed by atoms with Crippen molar-refractivity contribution in [2.75, 3.05) is 0 Å². The van der Waals surface area contributed by atoms with E-state index < -0.39 is 0 Å². The second kappa shape index (κ2) is 3.37. The summed E-state index contributed by atoms with van der Waals surface area (Å²) in [5, 5.41) is 10.1. The van der Waals surface area contributed by atoms with E-state index >= 15 is 0 Å². The van der Waals surface area contributed by atoms with Crippen LogP contribution in [-0.4, -0.2) is 11.2 Å². The van der Waals surface area contributed by atoms with Crippen LogP contribution in [0.2, 0.25) is 0 Å². The molecule has 12 heavy (non-hydrogen) atoms. The van der Waals surface area contributed by atoms with Gasteiger partial charge in [-0.15, -0.1) is 0 Å². The highest BCUT2D eigenvalue weighted by molar-refractivity contribution is 4.86. The molecule has 1 rings (SSSR count). The zero-order chi connectivity index (χ0) is 9.35. The quantitative estimate of drug-likeness (QED) is 0.641. The van der Waals surface area contributed by atoms with E-state index in [0.717, 1.165) is 5.92 Å². The van der Waals surface area contributed by atoms with Gasteiger partial charge in [-0.1, -0.05) is 40.5 Å². The second-order valence-electron chi connectivity index (χ2n) is 5.38. The predicted molar refractivity (Wildman–Crippen MR) is 52.0 cm³/mol. The number of aliphatic hydroxyl groups is 1. The summed E-state index contributed by atoms with van der Waals surface area (Å²) in [4.78, 5) is 0. The molecule has 0 aromatic carbocycles. The van der Waals surface area contributed by atoms with Crippen molar-refractivity contribution in [3.63, 3.8) is 0 Å². The van der Waals surface area contributed by atoms with Crippen molar-refractivity contribution in [1.29, 1.82) is 0 Å². The summed E-state index contributed by atoms with van der Waals surface area (Å²) >= 11 is 0. The van der Waals surface area contributed by atoms with Crippen molar-refractivity contribution >= 4 is 0 Å². The summed E-state index contributed by atoms with van der Waals surface area (Å²) in [7, 11) is 0. The lowest BCUT2D eigenvalue weighted by Crippen LogP contribution is -2.34. The molecule has 0 aromatic heterocycles. The summed E-state index contributed by atoms with van der Waals surface area (Å²) in [6.07, 6.45) is 3.71. The van der Waals surface area contributed by atoms with Gasteiger partial charge < -0.3 is 5.11 Å².